The van der Waals surface area contributed by atoms with E-state index in [1.807, 2.05) is 19.9 Å². The lowest BCUT2D eigenvalue weighted by molar-refractivity contribution is -0.274. The number of alkyl halides is 3. The third-order valence-corrected chi connectivity index (χ3v) is 4.62. The van der Waals surface area contributed by atoms with Gasteiger partial charge in [0, 0.05) is 18.3 Å². The average Bonchev–Trinajstić information content (AvgIpc) is 2.86. The van der Waals surface area contributed by atoms with Crippen LogP contribution < -0.4 is 10.1 Å². The van der Waals surface area contributed by atoms with E-state index in [0.29, 0.717) is 5.56 Å². The highest BCUT2D eigenvalue weighted by molar-refractivity contribution is 6.36. The number of nitrogens with zero attached hydrogens (tertiary/aromatic N) is 1. The second-order valence-corrected chi connectivity index (χ2v) is 6.60. The van der Waals surface area contributed by atoms with Crippen LogP contribution in [-0.2, 0) is 9.59 Å². The Bertz CT molecular complexity index is 1010. The molecule has 0 aliphatic carbocycles. The maximum Gasteiger partial charge on any atom is 0.573 e. The Balaban J connectivity index is 2.04. The number of aryl methyl sites for hydroxylation is 2. The van der Waals surface area contributed by atoms with Gasteiger partial charge in [-0.1, -0.05) is 24.3 Å². The summed E-state index contributed by atoms with van der Waals surface area (Å²) >= 11 is 0. The molecule has 3 rings (SSSR count). The number of nitrogens with one attached hydrogen (secondary N) is 1. The lowest BCUT2D eigenvalue weighted by atomic mass is 9.99. The lowest BCUT2D eigenvalue weighted by Gasteiger charge is -2.13. The predicted molar refractivity (Wildman–Crippen MR) is 102 cm³/mol. The van der Waals surface area contributed by atoms with Crippen LogP contribution in [0.5, 0.6) is 5.75 Å². The number of imide groups is 1. The first kappa shape index (κ1) is 20.4. The van der Waals surface area contributed by atoms with E-state index in [0.717, 1.165) is 28.2 Å². The van der Waals surface area contributed by atoms with Crippen LogP contribution in [0.4, 0.5) is 18.9 Å². The Hall–Kier alpha value is -3.29. The predicted octanol–water partition coefficient (Wildman–Crippen LogP) is 4.41. The molecule has 0 radical (unpaired) electrons. The quantitative estimate of drug-likeness (QED) is 0.750. The molecule has 2 amide bonds. The van der Waals surface area contributed by atoms with Crippen LogP contribution in [0, 0.1) is 13.8 Å². The number of amides is 2. The SMILES string of the molecule is CCN1C(=O)C(Nc2cccc(OC(F)(F)F)c2)=C(c2ccc(C)c(C)c2)C1=O. The Labute approximate surface area is 165 Å². The number of hydrogen-bond donors (Lipinski definition) is 1. The van der Waals surface area contributed by atoms with Crippen molar-refractivity contribution >= 4 is 23.1 Å². The third-order valence-electron chi connectivity index (χ3n) is 4.62. The van der Waals surface area contributed by atoms with Crippen molar-refractivity contribution in [3.63, 3.8) is 0 Å². The summed E-state index contributed by atoms with van der Waals surface area (Å²) in [4.78, 5) is 26.7. The molecule has 0 fully saturated rings. The van der Waals surface area contributed by atoms with Crippen molar-refractivity contribution in [2.75, 3.05) is 11.9 Å². The molecule has 0 saturated heterocycles. The Kier molecular flexibility index (Phi) is 5.37. The summed E-state index contributed by atoms with van der Waals surface area (Å²) in [5, 5.41) is 2.81. The number of ether oxygens (including phenoxy) is 1. The fourth-order valence-corrected chi connectivity index (χ4v) is 3.06. The maximum atomic E-state index is 12.8. The highest BCUT2D eigenvalue weighted by Gasteiger charge is 2.38. The maximum absolute atomic E-state index is 12.8. The topological polar surface area (TPSA) is 58.6 Å². The monoisotopic (exact) mass is 404 g/mol. The van der Waals surface area contributed by atoms with Gasteiger partial charge in [0.25, 0.3) is 11.8 Å². The van der Waals surface area contributed by atoms with Crippen molar-refractivity contribution in [2.45, 2.75) is 27.1 Å². The van der Waals surface area contributed by atoms with Crippen LogP contribution in [0.3, 0.4) is 0 Å². The minimum Gasteiger partial charge on any atom is -0.406 e. The molecule has 152 valence electrons. The summed E-state index contributed by atoms with van der Waals surface area (Å²) in [5.41, 5.74) is 2.94. The zero-order valence-electron chi connectivity index (χ0n) is 16.1. The van der Waals surface area contributed by atoms with Crippen molar-refractivity contribution in [1.29, 1.82) is 0 Å². The van der Waals surface area contributed by atoms with Gasteiger partial charge < -0.3 is 10.1 Å². The molecule has 0 spiro atoms. The number of halogens is 3. The van der Waals surface area contributed by atoms with E-state index < -0.39 is 23.9 Å². The molecule has 0 aromatic heterocycles. The molecule has 5 nitrogen and oxygen atoms in total. The fraction of sp³-hybridized carbons (Fsp3) is 0.238. The average molecular weight is 404 g/mol. The lowest BCUT2D eigenvalue weighted by Crippen LogP contribution is -2.32. The van der Waals surface area contributed by atoms with Gasteiger partial charge in [0.2, 0.25) is 0 Å². The van der Waals surface area contributed by atoms with Gasteiger partial charge in [0.1, 0.15) is 11.4 Å². The molecule has 1 heterocycles. The smallest absolute Gasteiger partial charge is 0.406 e. The van der Waals surface area contributed by atoms with E-state index in [1.54, 1.807) is 19.1 Å². The number of rotatable bonds is 5. The van der Waals surface area contributed by atoms with Crippen molar-refractivity contribution in [2.24, 2.45) is 0 Å². The number of likely N-dealkylation sites (N-methyl/N-ethyl adjacent to an activating group) is 1. The molecule has 0 atom stereocenters. The minimum atomic E-state index is -4.83. The first-order chi connectivity index (χ1) is 13.6. The molecule has 29 heavy (non-hydrogen) atoms. The van der Waals surface area contributed by atoms with Gasteiger partial charge in [-0.15, -0.1) is 13.2 Å². The van der Waals surface area contributed by atoms with E-state index in [1.165, 1.54) is 12.1 Å². The molecule has 1 aliphatic heterocycles. The van der Waals surface area contributed by atoms with Gasteiger partial charge in [0.15, 0.2) is 0 Å². The standard InChI is InChI=1S/C21H19F3N2O3/c1-4-26-19(27)17(14-9-8-12(2)13(3)10-14)18(20(26)28)25-15-6-5-7-16(11-15)29-21(22,23)24/h5-11,25H,4H2,1-3H3. The Morgan fingerprint density at radius 3 is 2.34 bits per heavy atom. The van der Waals surface area contributed by atoms with Crippen molar-refractivity contribution in [3.05, 3.63) is 64.9 Å². The Morgan fingerprint density at radius 1 is 1.00 bits per heavy atom. The summed E-state index contributed by atoms with van der Waals surface area (Å²) in [7, 11) is 0. The van der Waals surface area contributed by atoms with E-state index >= 15 is 0 Å². The van der Waals surface area contributed by atoms with Gasteiger partial charge in [0.05, 0.1) is 5.57 Å². The van der Waals surface area contributed by atoms with E-state index in [9.17, 15) is 22.8 Å². The summed E-state index contributed by atoms with van der Waals surface area (Å²) in [5.74, 6) is -1.42. The molecular formula is C21H19F3N2O3. The van der Waals surface area contributed by atoms with E-state index in [-0.39, 0.29) is 23.5 Å². The fourth-order valence-electron chi connectivity index (χ4n) is 3.06. The van der Waals surface area contributed by atoms with Crippen LogP contribution in [0.1, 0.15) is 23.6 Å². The van der Waals surface area contributed by atoms with Gasteiger partial charge in [-0.3, -0.25) is 14.5 Å². The number of carbonyl (C=O) groups excluding carboxylic acids is 2. The highest BCUT2D eigenvalue weighted by Crippen LogP contribution is 2.32. The van der Waals surface area contributed by atoms with Gasteiger partial charge in [-0.05, 0) is 49.6 Å². The van der Waals surface area contributed by atoms with Crippen molar-refractivity contribution in [1.82, 2.24) is 4.90 Å². The van der Waals surface area contributed by atoms with Crippen LogP contribution in [0.25, 0.3) is 5.57 Å². The molecule has 8 heteroatoms. The summed E-state index contributed by atoms with van der Waals surface area (Å²) < 4.78 is 41.4. The summed E-state index contributed by atoms with van der Waals surface area (Å²) in [6.45, 7) is 5.67. The minimum absolute atomic E-state index is 0.0178. The van der Waals surface area contributed by atoms with Crippen LogP contribution in [-0.4, -0.2) is 29.6 Å². The van der Waals surface area contributed by atoms with Crippen LogP contribution >= 0.6 is 0 Å². The van der Waals surface area contributed by atoms with E-state index in [4.69, 9.17) is 0 Å². The van der Waals surface area contributed by atoms with E-state index in [2.05, 4.69) is 10.1 Å². The zero-order valence-corrected chi connectivity index (χ0v) is 16.1. The van der Waals surface area contributed by atoms with Gasteiger partial charge in [-0.25, -0.2) is 0 Å². The molecule has 1 N–H and O–H groups in total. The zero-order chi connectivity index (χ0) is 21.3. The summed E-state index contributed by atoms with van der Waals surface area (Å²) in [6.07, 6.45) is -4.83. The van der Waals surface area contributed by atoms with Crippen LogP contribution in [0.2, 0.25) is 0 Å². The van der Waals surface area contributed by atoms with Crippen molar-refractivity contribution < 1.29 is 27.5 Å². The number of anilines is 1. The largest absolute Gasteiger partial charge is 0.573 e. The normalized spacial score (nSPS) is 14.6. The molecule has 0 unspecified atom stereocenters. The van der Waals surface area contributed by atoms with Crippen molar-refractivity contribution in [3.8, 4) is 5.75 Å². The molecular weight excluding hydrogens is 385 g/mol. The first-order valence-corrected chi connectivity index (χ1v) is 8.91. The van der Waals surface area contributed by atoms with Gasteiger partial charge in [-0.2, -0.15) is 0 Å². The molecule has 1 aliphatic rings. The number of benzene rings is 2. The second kappa shape index (κ2) is 7.62. The molecule has 2 aromatic rings. The molecule has 2 aromatic carbocycles. The van der Waals surface area contributed by atoms with Crippen LogP contribution in [0.15, 0.2) is 48.2 Å². The first-order valence-electron chi connectivity index (χ1n) is 8.91. The summed E-state index contributed by atoms with van der Waals surface area (Å²) in [6, 6.07) is 10.5. The highest BCUT2D eigenvalue weighted by atomic mass is 19.4. The second-order valence-electron chi connectivity index (χ2n) is 6.60. The molecule has 0 bridgehead atoms. The third kappa shape index (κ3) is 4.26. The number of hydrogen-bond acceptors (Lipinski definition) is 4. The Morgan fingerprint density at radius 2 is 1.72 bits per heavy atom. The van der Waals surface area contributed by atoms with Gasteiger partial charge >= 0.3 is 6.36 Å². The molecule has 0 saturated carbocycles. The number of carbonyl (C=O) groups is 2.